The van der Waals surface area contributed by atoms with Gasteiger partial charge in [0.1, 0.15) is 214 Å². The zero-order chi connectivity index (χ0) is 73.6. The molecule has 0 aromatic carbocycles. The number of aliphatic hydroxyl groups is 25. The number of amides is 1. The molecule has 23 saturated heterocycles. The van der Waals surface area contributed by atoms with E-state index in [1.165, 1.54) is 6.92 Å². The van der Waals surface area contributed by atoms with Gasteiger partial charge < -0.3 is 218 Å². The molecule has 0 saturated carbocycles. The fraction of sp³-hybridized carbons (Fsp3) is 0.982. The Kier molecular flexibility index (Phi) is 27.8. The van der Waals surface area contributed by atoms with Gasteiger partial charge in [0.25, 0.3) is 0 Å². The summed E-state index contributed by atoms with van der Waals surface area (Å²) >= 11 is 0. The predicted molar refractivity (Wildman–Crippen MR) is 304 cm³/mol. The van der Waals surface area contributed by atoms with Gasteiger partial charge in [0.05, 0.1) is 59.0 Å². The molecule has 0 aliphatic carbocycles. The fourth-order valence-electron chi connectivity index (χ4n) is 13.5. The summed E-state index contributed by atoms with van der Waals surface area (Å²) in [5, 5.41) is 282. The summed E-state index contributed by atoms with van der Waals surface area (Å²) in [4.78, 5) is 12.6. The van der Waals surface area contributed by atoms with Crippen molar-refractivity contribution in [3.8, 4) is 0 Å². The van der Waals surface area contributed by atoms with Crippen LogP contribution in [0.3, 0.4) is 0 Å². The molecule has 23 fully saturated rings. The van der Waals surface area contributed by atoms with Crippen LogP contribution < -0.4 is 5.32 Å². The average Bonchev–Trinajstić information content (AvgIpc) is 0.786. The van der Waals surface area contributed by atoms with Gasteiger partial charge in [-0.15, -0.1) is 0 Å². The molecule has 45 atom stereocenters. The van der Waals surface area contributed by atoms with Crippen molar-refractivity contribution in [1.82, 2.24) is 5.32 Å². The first-order valence-electron chi connectivity index (χ1n) is 32.5. The number of carbonyl (C=O) groups is 1. The summed E-state index contributed by atoms with van der Waals surface area (Å²) < 4.78 is 104. The molecule has 101 heavy (non-hydrogen) atoms. The van der Waals surface area contributed by atoms with E-state index in [1.54, 1.807) is 0 Å². The first kappa shape index (κ1) is 81.3. The lowest BCUT2D eigenvalue weighted by molar-refractivity contribution is -0.398. The van der Waals surface area contributed by atoms with Crippen molar-refractivity contribution >= 4 is 5.91 Å². The van der Waals surface area contributed by atoms with Crippen molar-refractivity contribution in [2.24, 2.45) is 0 Å². The van der Waals surface area contributed by atoms with Crippen LogP contribution >= 0.6 is 0 Å². The lowest BCUT2D eigenvalue weighted by Gasteiger charge is -2.50. The lowest BCUT2D eigenvalue weighted by Crippen LogP contribution is -2.68. The van der Waals surface area contributed by atoms with Crippen LogP contribution in [0.2, 0.25) is 0 Å². The van der Waals surface area contributed by atoms with Gasteiger partial charge in [-0.05, 0) is 6.92 Å². The summed E-state index contributed by atoms with van der Waals surface area (Å²) in [5.74, 6) is -0.844. The third-order valence-corrected chi connectivity index (χ3v) is 19.3. The predicted octanol–water partition coefficient (Wildman–Crippen LogP) is -18.4. The molecule has 0 spiro atoms. The highest BCUT2D eigenvalue weighted by Crippen LogP contribution is 2.40. The zero-order valence-electron chi connectivity index (χ0n) is 53.6. The van der Waals surface area contributed by atoms with Crippen LogP contribution in [0.1, 0.15) is 13.8 Å². The minimum Gasteiger partial charge on any atom is -0.394 e. The molecule has 26 N–H and O–H groups in total. The molecule has 0 radical (unpaired) electrons. The maximum Gasteiger partial charge on any atom is 0.217 e. The highest BCUT2D eigenvalue weighted by Gasteiger charge is 2.61. The van der Waals surface area contributed by atoms with E-state index in [0.717, 1.165) is 6.92 Å². The average molecular weight is 1480 g/mol. The van der Waals surface area contributed by atoms with Crippen molar-refractivity contribution in [3.63, 3.8) is 0 Å². The van der Waals surface area contributed by atoms with Crippen LogP contribution in [0.25, 0.3) is 0 Å². The number of ether oxygens (including phenoxy) is 18. The van der Waals surface area contributed by atoms with E-state index in [4.69, 9.17) is 85.3 Å². The Morgan fingerprint density at radius 2 is 0.515 bits per heavy atom. The second-order valence-corrected chi connectivity index (χ2v) is 26.1. The minimum absolute atomic E-state index is 0.782. The number of carbonyl (C=O) groups excluding carboxylic acids is 1. The van der Waals surface area contributed by atoms with Crippen LogP contribution in [-0.4, -0.2) is 463 Å². The van der Waals surface area contributed by atoms with Gasteiger partial charge in [0.15, 0.2) is 56.6 Å². The quantitative estimate of drug-likeness (QED) is 0.0814. The third-order valence-electron chi connectivity index (χ3n) is 19.3. The van der Waals surface area contributed by atoms with Crippen LogP contribution in [-0.2, 0) is 90.1 Å². The smallest absolute Gasteiger partial charge is 0.217 e. The highest BCUT2D eigenvalue weighted by molar-refractivity contribution is 5.73. The maximum absolute atomic E-state index is 12.6. The van der Waals surface area contributed by atoms with E-state index in [1.807, 2.05) is 0 Å². The topological polar surface area (TPSA) is 701 Å². The lowest BCUT2D eigenvalue weighted by atomic mass is 9.95. The Morgan fingerprint density at radius 1 is 0.267 bits per heavy atom. The van der Waals surface area contributed by atoms with E-state index < -0.39 is 335 Å². The molecule has 0 unspecified atom stereocenters. The molecule has 586 valence electrons. The standard InChI is InChI=1S/C56H93NO44/c1-11-22(65)25(68)33(76)49(86-11)85-9-19-23(66)24(67)21(57-12(2)64)48(93-19)84-10-20-47-32(75)40(83)56(94-20)100-46-18(8-63)91-54(38(81)30(46)73)98-44-16(6-61)89-52(36(79)28(44)71)96-42-14(4-59)87-50(34(77)26(42)69)95-41-13(3-58)88-51(35(78)27(41)70)97-43-15(5-60)90-53(37(80)29(43)72)99-45-17(7-62)92-55(101-47)39(82)31(45)74/h11,13-56,58-63,65-83H,3-10H2,1-2H3,(H,57,64)/t11-,13+,14+,15+,16+,17+,18+,19+,20+,21+,22+,23+,24+,25+,26+,27+,28+,29+,30+,31+,32+,33-,34+,35+,36+,37+,38+,39+,40+,41+,42+,43+,44+,45+,46+,47+,48+,49+,50+,51+,52+,53+,54+,55+,56+/m0/s1. The molecule has 0 aromatic rings. The van der Waals surface area contributed by atoms with E-state index in [-0.39, 0.29) is 0 Å². The van der Waals surface area contributed by atoms with Gasteiger partial charge in [-0.1, -0.05) is 0 Å². The Bertz CT molecular complexity index is 2570. The summed E-state index contributed by atoms with van der Waals surface area (Å²) in [6.07, 6.45) is -90.3. The van der Waals surface area contributed by atoms with Gasteiger partial charge >= 0.3 is 0 Å². The molecule has 0 aromatic heterocycles. The van der Waals surface area contributed by atoms with E-state index in [2.05, 4.69) is 5.32 Å². The molecule has 1 amide bonds. The fourth-order valence-corrected chi connectivity index (χ4v) is 13.5. The van der Waals surface area contributed by atoms with Gasteiger partial charge in [-0.2, -0.15) is 0 Å². The van der Waals surface area contributed by atoms with E-state index in [0.29, 0.717) is 0 Å². The summed E-state index contributed by atoms with van der Waals surface area (Å²) in [6, 6.07) is -1.73. The second kappa shape index (κ2) is 34.5. The van der Waals surface area contributed by atoms with Crippen molar-refractivity contribution in [1.29, 1.82) is 0 Å². The van der Waals surface area contributed by atoms with Crippen molar-refractivity contribution in [2.45, 2.75) is 290 Å². The largest absolute Gasteiger partial charge is 0.394 e. The molecule has 23 aliphatic heterocycles. The second-order valence-electron chi connectivity index (χ2n) is 26.1. The Labute approximate surface area is 570 Å². The van der Waals surface area contributed by atoms with Gasteiger partial charge in [0, 0.05) is 6.92 Å². The number of nitrogens with one attached hydrogen (secondary N) is 1. The molecular weight excluding hydrogens is 1390 g/mol. The first-order valence-corrected chi connectivity index (χ1v) is 32.5. The molecule has 45 nitrogen and oxygen atoms in total. The normalized spacial score (nSPS) is 54.2. The Hall–Kier alpha value is -2.25. The summed E-state index contributed by atoms with van der Waals surface area (Å²) in [5.41, 5.74) is 0. The summed E-state index contributed by atoms with van der Waals surface area (Å²) in [6.45, 7) is -6.27. The first-order chi connectivity index (χ1) is 47.9. The van der Waals surface area contributed by atoms with Crippen molar-refractivity contribution < 1.29 is 218 Å². The van der Waals surface area contributed by atoms with Gasteiger partial charge in [0.2, 0.25) is 5.91 Å². The molecule has 23 heterocycles. The van der Waals surface area contributed by atoms with Gasteiger partial charge in [-0.3, -0.25) is 4.79 Å². The van der Waals surface area contributed by atoms with Crippen LogP contribution in [0.15, 0.2) is 0 Å². The Balaban J connectivity index is 0.953. The Morgan fingerprint density at radius 3 is 0.782 bits per heavy atom. The number of rotatable bonds is 13. The van der Waals surface area contributed by atoms with Crippen molar-refractivity contribution in [2.75, 3.05) is 52.9 Å². The highest BCUT2D eigenvalue weighted by atomic mass is 16.8. The monoisotopic (exact) mass is 1480 g/mol. The molecule has 23 rings (SSSR count). The zero-order valence-corrected chi connectivity index (χ0v) is 53.6. The van der Waals surface area contributed by atoms with E-state index >= 15 is 0 Å². The van der Waals surface area contributed by atoms with E-state index in [9.17, 15) is 132 Å². The minimum atomic E-state index is -2.43. The van der Waals surface area contributed by atoms with Crippen LogP contribution in [0, 0.1) is 0 Å². The third kappa shape index (κ3) is 16.7. The van der Waals surface area contributed by atoms with Crippen LogP contribution in [0.4, 0.5) is 0 Å². The molecular formula is C56H93NO44. The van der Waals surface area contributed by atoms with Crippen molar-refractivity contribution in [3.05, 3.63) is 0 Å². The maximum atomic E-state index is 12.6. The van der Waals surface area contributed by atoms with Gasteiger partial charge in [-0.25, -0.2) is 0 Å². The molecule has 45 heteroatoms. The van der Waals surface area contributed by atoms with Crippen LogP contribution in [0.5, 0.6) is 0 Å². The number of hydrogen-bond donors (Lipinski definition) is 26. The molecule has 14 bridgehead atoms. The number of hydrogen-bond acceptors (Lipinski definition) is 44. The molecule has 23 aliphatic rings. The number of aliphatic hydroxyl groups excluding tert-OH is 25. The SMILES string of the molecule is CC(=O)N[C@H]1[C@H](OC[C@H]2O[C@@H]3O[C@H]4[C@H](O)[C@@H](O)[C@@H](O[C@H]5[C@H](O)[C@@H](O)[C@@H](O[C@H]6[C@H](O)[C@@H](O)[C@@H](O[C@H]7[C@H](O)[C@@H](O)[C@@H](O[C@H]8[C@H](O)[C@@H](O)[C@@H](O[C@H]9[C@H](O)[C@@H](O)[C@@H](O[C@H]2[C@H](O)[C@H]3O)O[C@@H]9CO)O[C@@H]8CO)O[C@@H]7CO)O[C@@H]6CO)O[C@@H]5CO)O[C@@H]4CO)O[C@H](CO[C@@H]2O[C@@H](C)[C@@H](O)[C@@H](O)[C@@H]2O)[C@@H](O)[C@@H]1O. The summed E-state index contributed by atoms with van der Waals surface area (Å²) in [7, 11) is 0.